The number of alkyl halides is 3. The second kappa shape index (κ2) is 5.36. The fraction of sp³-hybridized carbons (Fsp3) is 0.167. The molecule has 1 heterocycles. The van der Waals surface area contributed by atoms with E-state index in [1.807, 2.05) is 0 Å². The molecule has 1 aromatic carbocycles. The van der Waals surface area contributed by atoms with Gasteiger partial charge in [0.1, 0.15) is 10.8 Å². The van der Waals surface area contributed by atoms with Crippen molar-refractivity contribution < 1.29 is 22.4 Å². The number of aromatic nitrogens is 2. The number of hydrogen-bond acceptors (Lipinski definition) is 2. The average Bonchev–Trinajstić information content (AvgIpc) is 2.67. The van der Waals surface area contributed by atoms with Gasteiger partial charge in [-0.1, -0.05) is 23.7 Å². The van der Waals surface area contributed by atoms with E-state index in [-0.39, 0.29) is 11.4 Å². The molecule has 112 valence electrons. The summed E-state index contributed by atoms with van der Waals surface area (Å²) >= 11 is 5.57. The van der Waals surface area contributed by atoms with Gasteiger partial charge in [-0.3, -0.25) is 9.48 Å². The molecule has 2 rings (SSSR count). The number of amides is 1. The highest BCUT2D eigenvalue weighted by atomic mass is 35.5. The minimum atomic E-state index is -4.75. The molecule has 1 aromatic heterocycles. The number of carbonyl (C=O) groups excluding carboxylic acids is 1. The molecule has 0 unspecified atom stereocenters. The van der Waals surface area contributed by atoms with E-state index in [0.29, 0.717) is 0 Å². The highest BCUT2D eigenvalue weighted by molar-refractivity contribution is 6.34. The van der Waals surface area contributed by atoms with Crippen molar-refractivity contribution in [3.05, 3.63) is 46.4 Å². The Labute approximate surface area is 121 Å². The third kappa shape index (κ3) is 2.99. The van der Waals surface area contributed by atoms with Crippen LogP contribution < -0.4 is 5.32 Å². The van der Waals surface area contributed by atoms with Gasteiger partial charge in [0.2, 0.25) is 0 Å². The zero-order valence-corrected chi connectivity index (χ0v) is 11.3. The summed E-state index contributed by atoms with van der Waals surface area (Å²) in [5, 5.41) is 4.56. The van der Waals surface area contributed by atoms with E-state index in [9.17, 15) is 22.4 Å². The van der Waals surface area contributed by atoms with Gasteiger partial charge in [-0.25, -0.2) is 4.39 Å². The molecule has 0 aliphatic rings. The van der Waals surface area contributed by atoms with Crippen molar-refractivity contribution in [1.29, 1.82) is 0 Å². The Kier molecular flexibility index (Phi) is 3.91. The van der Waals surface area contributed by atoms with Crippen molar-refractivity contribution in [2.24, 2.45) is 7.05 Å². The summed E-state index contributed by atoms with van der Waals surface area (Å²) in [6.07, 6.45) is -4.75. The van der Waals surface area contributed by atoms with Crippen molar-refractivity contribution in [3.63, 3.8) is 0 Å². The number of benzene rings is 1. The number of aryl methyl sites for hydroxylation is 1. The van der Waals surface area contributed by atoms with E-state index in [1.165, 1.54) is 25.2 Å². The standard InChI is InChI=1S/C12H8ClF4N3O/c1-20-10(8(13)9(19-20)12(15,16)17)18-11(21)6-4-2-3-5-7(6)14/h2-5H,1H3,(H,18,21). The average molecular weight is 322 g/mol. The van der Waals surface area contributed by atoms with Crippen LogP contribution in [0.5, 0.6) is 0 Å². The molecule has 0 radical (unpaired) electrons. The summed E-state index contributed by atoms with van der Waals surface area (Å²) in [5.41, 5.74) is -1.64. The highest BCUT2D eigenvalue weighted by Crippen LogP contribution is 2.37. The van der Waals surface area contributed by atoms with Crippen molar-refractivity contribution in [1.82, 2.24) is 9.78 Å². The van der Waals surface area contributed by atoms with Gasteiger partial charge in [-0.2, -0.15) is 18.3 Å². The second-order valence-electron chi connectivity index (χ2n) is 4.07. The van der Waals surface area contributed by atoms with Crippen LogP contribution in [0.15, 0.2) is 24.3 Å². The Bertz CT molecular complexity index is 696. The number of nitrogens with one attached hydrogen (secondary N) is 1. The fourth-order valence-electron chi connectivity index (χ4n) is 1.64. The predicted molar refractivity (Wildman–Crippen MR) is 67.6 cm³/mol. The minimum Gasteiger partial charge on any atom is -0.305 e. The van der Waals surface area contributed by atoms with Crippen molar-refractivity contribution >= 4 is 23.3 Å². The lowest BCUT2D eigenvalue weighted by Crippen LogP contribution is -2.16. The highest BCUT2D eigenvalue weighted by Gasteiger charge is 2.39. The van der Waals surface area contributed by atoms with Crippen LogP contribution in [0.2, 0.25) is 5.02 Å². The number of nitrogens with zero attached hydrogens (tertiary/aromatic N) is 2. The Morgan fingerprint density at radius 1 is 1.33 bits per heavy atom. The van der Waals surface area contributed by atoms with Gasteiger partial charge in [0.25, 0.3) is 5.91 Å². The largest absolute Gasteiger partial charge is 0.436 e. The molecule has 0 aliphatic heterocycles. The molecule has 9 heteroatoms. The maximum atomic E-state index is 13.4. The number of carbonyl (C=O) groups is 1. The van der Waals surface area contributed by atoms with E-state index in [1.54, 1.807) is 0 Å². The third-order valence-corrected chi connectivity index (χ3v) is 2.97. The quantitative estimate of drug-likeness (QED) is 0.861. The molecule has 0 saturated carbocycles. The van der Waals surface area contributed by atoms with Gasteiger partial charge < -0.3 is 5.32 Å². The maximum Gasteiger partial charge on any atom is 0.436 e. The molecule has 21 heavy (non-hydrogen) atoms. The van der Waals surface area contributed by atoms with E-state index in [2.05, 4.69) is 10.4 Å². The molecule has 2 aromatic rings. The Morgan fingerprint density at radius 3 is 2.48 bits per heavy atom. The van der Waals surface area contributed by atoms with Crippen LogP contribution in [0.3, 0.4) is 0 Å². The molecule has 0 bridgehead atoms. The van der Waals surface area contributed by atoms with Crippen LogP contribution in [0.4, 0.5) is 23.4 Å². The summed E-state index contributed by atoms with van der Waals surface area (Å²) in [6.45, 7) is 0. The van der Waals surface area contributed by atoms with Crippen molar-refractivity contribution in [2.45, 2.75) is 6.18 Å². The molecule has 0 fully saturated rings. The first-order valence-electron chi connectivity index (χ1n) is 5.57. The fourth-order valence-corrected chi connectivity index (χ4v) is 1.95. The zero-order valence-electron chi connectivity index (χ0n) is 10.5. The van der Waals surface area contributed by atoms with Crippen LogP contribution in [0, 0.1) is 5.82 Å². The predicted octanol–water partition coefficient (Wildman–Crippen LogP) is 3.48. The first-order chi connectivity index (χ1) is 9.71. The van der Waals surface area contributed by atoms with Gasteiger partial charge in [0.05, 0.1) is 5.56 Å². The molecule has 4 nitrogen and oxygen atoms in total. The first kappa shape index (κ1) is 15.3. The number of rotatable bonds is 2. The van der Waals surface area contributed by atoms with Gasteiger partial charge in [-0.15, -0.1) is 0 Å². The lowest BCUT2D eigenvalue weighted by molar-refractivity contribution is -0.141. The summed E-state index contributed by atoms with van der Waals surface area (Å²) in [6, 6.07) is 5.05. The lowest BCUT2D eigenvalue weighted by atomic mass is 10.2. The smallest absolute Gasteiger partial charge is 0.305 e. The summed E-state index contributed by atoms with van der Waals surface area (Å²) < 4.78 is 52.1. The van der Waals surface area contributed by atoms with Crippen molar-refractivity contribution in [2.75, 3.05) is 5.32 Å². The Hall–Kier alpha value is -2.09. The molecular weight excluding hydrogens is 314 g/mol. The van der Waals surface area contributed by atoms with Crippen LogP contribution in [-0.2, 0) is 13.2 Å². The zero-order chi connectivity index (χ0) is 15.8. The number of hydrogen-bond donors (Lipinski definition) is 1. The van der Waals surface area contributed by atoms with E-state index in [0.717, 1.165) is 10.7 Å². The number of halogens is 5. The monoisotopic (exact) mass is 321 g/mol. The van der Waals surface area contributed by atoms with Gasteiger partial charge >= 0.3 is 6.18 Å². The summed E-state index contributed by atoms with van der Waals surface area (Å²) in [4.78, 5) is 11.9. The molecule has 0 saturated heterocycles. The van der Waals surface area contributed by atoms with Crippen LogP contribution in [-0.4, -0.2) is 15.7 Å². The van der Waals surface area contributed by atoms with Crippen LogP contribution in [0.25, 0.3) is 0 Å². The van der Waals surface area contributed by atoms with E-state index < -0.39 is 28.6 Å². The van der Waals surface area contributed by atoms with Crippen LogP contribution >= 0.6 is 11.6 Å². The maximum absolute atomic E-state index is 13.4. The molecule has 0 atom stereocenters. The molecule has 0 spiro atoms. The minimum absolute atomic E-state index is 0.316. The normalized spacial score (nSPS) is 11.5. The number of anilines is 1. The topological polar surface area (TPSA) is 46.9 Å². The SMILES string of the molecule is Cn1nc(C(F)(F)F)c(Cl)c1NC(=O)c1ccccc1F. The Morgan fingerprint density at radius 2 is 1.95 bits per heavy atom. The van der Waals surface area contributed by atoms with E-state index in [4.69, 9.17) is 11.6 Å². The van der Waals surface area contributed by atoms with Crippen LogP contribution in [0.1, 0.15) is 16.1 Å². The van der Waals surface area contributed by atoms with Gasteiger partial charge in [0, 0.05) is 7.05 Å². The van der Waals surface area contributed by atoms with Crippen molar-refractivity contribution in [3.8, 4) is 0 Å². The second-order valence-corrected chi connectivity index (χ2v) is 4.44. The molecule has 0 aliphatic carbocycles. The lowest BCUT2D eigenvalue weighted by Gasteiger charge is -2.06. The first-order valence-corrected chi connectivity index (χ1v) is 5.95. The van der Waals surface area contributed by atoms with E-state index >= 15 is 0 Å². The van der Waals surface area contributed by atoms with Gasteiger partial charge in [-0.05, 0) is 12.1 Å². The molecule has 1 N–H and O–H groups in total. The Balaban J connectivity index is 2.35. The third-order valence-electron chi connectivity index (χ3n) is 2.61. The molecule has 1 amide bonds. The summed E-state index contributed by atoms with van der Waals surface area (Å²) in [7, 11) is 1.18. The molecular formula is C12H8ClF4N3O. The van der Waals surface area contributed by atoms with Gasteiger partial charge in [0.15, 0.2) is 11.5 Å². The summed E-state index contributed by atoms with van der Waals surface area (Å²) in [5.74, 6) is -2.09.